The second kappa shape index (κ2) is 10.4. The highest BCUT2D eigenvalue weighted by molar-refractivity contribution is 6.27. The minimum Gasteiger partial charge on any atom is -0.354 e. The molecule has 0 spiro atoms. The molecule has 0 aliphatic heterocycles. The molecular formula is C11H21N5O2. The van der Waals surface area contributed by atoms with Gasteiger partial charge in [0.15, 0.2) is 0 Å². The molecular weight excluding hydrogens is 234 g/mol. The molecule has 2 amide bonds. The molecule has 2 N–H and O–H groups in total. The van der Waals surface area contributed by atoms with Crippen molar-refractivity contribution >= 4 is 24.4 Å². The molecule has 0 rings (SSSR count). The summed E-state index contributed by atoms with van der Waals surface area (Å²) < 4.78 is 0. The summed E-state index contributed by atoms with van der Waals surface area (Å²) in [6, 6.07) is 0. The third-order valence-corrected chi connectivity index (χ3v) is 2.17. The van der Waals surface area contributed by atoms with E-state index in [0.717, 1.165) is 25.7 Å². The summed E-state index contributed by atoms with van der Waals surface area (Å²) in [5, 5.41) is 5.48. The second-order valence-electron chi connectivity index (χ2n) is 3.64. The lowest BCUT2D eigenvalue weighted by Crippen LogP contribution is -2.27. The zero-order valence-electron chi connectivity index (χ0n) is 11.1. The van der Waals surface area contributed by atoms with Crippen LogP contribution in [-0.4, -0.2) is 63.1 Å². The van der Waals surface area contributed by atoms with E-state index in [1.54, 1.807) is 18.9 Å². The Morgan fingerprint density at radius 1 is 1.39 bits per heavy atom. The molecule has 0 unspecified atom stereocenters. The smallest absolute Gasteiger partial charge is 0.262 e. The number of rotatable bonds is 8. The van der Waals surface area contributed by atoms with Gasteiger partial charge >= 0.3 is 0 Å². The highest BCUT2D eigenvalue weighted by Gasteiger charge is 1.99. The third kappa shape index (κ3) is 9.46. The van der Waals surface area contributed by atoms with E-state index in [9.17, 15) is 9.59 Å². The van der Waals surface area contributed by atoms with Crippen LogP contribution in [0.5, 0.6) is 0 Å². The van der Waals surface area contributed by atoms with E-state index in [0.29, 0.717) is 6.67 Å². The van der Waals surface area contributed by atoms with Gasteiger partial charge in [-0.25, -0.2) is 4.99 Å². The highest BCUT2D eigenvalue weighted by atomic mass is 16.2. The lowest BCUT2D eigenvalue weighted by atomic mass is 10.4. The molecule has 102 valence electrons. The Bertz CT molecular complexity index is 315. The quantitative estimate of drug-likeness (QED) is 0.340. The molecule has 7 nitrogen and oxygen atoms in total. The first-order valence-corrected chi connectivity index (χ1v) is 5.73. The van der Waals surface area contributed by atoms with Crippen LogP contribution in [0.25, 0.3) is 0 Å². The summed E-state index contributed by atoms with van der Waals surface area (Å²) in [4.78, 5) is 30.9. The second-order valence-corrected chi connectivity index (χ2v) is 3.64. The Labute approximate surface area is 107 Å². The van der Waals surface area contributed by atoms with Gasteiger partial charge in [0.05, 0.1) is 12.9 Å². The van der Waals surface area contributed by atoms with Crippen LogP contribution in [0.3, 0.4) is 0 Å². The SMILES string of the molecule is CNC(=O)C=NC=NCNCCCN(C)C(C)=O. The first-order chi connectivity index (χ1) is 8.57. The van der Waals surface area contributed by atoms with Gasteiger partial charge in [0, 0.05) is 27.6 Å². The molecule has 0 radical (unpaired) electrons. The summed E-state index contributed by atoms with van der Waals surface area (Å²) in [6.45, 7) is 3.48. The maximum atomic E-state index is 10.9. The van der Waals surface area contributed by atoms with E-state index in [-0.39, 0.29) is 11.8 Å². The zero-order chi connectivity index (χ0) is 13.8. The van der Waals surface area contributed by atoms with Gasteiger partial charge in [-0.1, -0.05) is 0 Å². The van der Waals surface area contributed by atoms with Crippen LogP contribution in [0.15, 0.2) is 9.98 Å². The molecule has 0 bridgehead atoms. The van der Waals surface area contributed by atoms with Crippen molar-refractivity contribution in [2.45, 2.75) is 13.3 Å². The van der Waals surface area contributed by atoms with Gasteiger partial charge in [0.1, 0.15) is 6.34 Å². The molecule has 0 aliphatic rings. The molecule has 0 aromatic heterocycles. The van der Waals surface area contributed by atoms with Crippen molar-refractivity contribution < 1.29 is 9.59 Å². The monoisotopic (exact) mass is 255 g/mol. The molecule has 0 saturated carbocycles. The van der Waals surface area contributed by atoms with Crippen molar-refractivity contribution in [1.82, 2.24) is 15.5 Å². The van der Waals surface area contributed by atoms with Crippen molar-refractivity contribution in [3.8, 4) is 0 Å². The number of carbonyl (C=O) groups is 2. The van der Waals surface area contributed by atoms with Gasteiger partial charge in [-0.05, 0) is 13.0 Å². The van der Waals surface area contributed by atoms with Crippen molar-refractivity contribution in [3.05, 3.63) is 0 Å². The Morgan fingerprint density at radius 2 is 2.11 bits per heavy atom. The molecule has 0 heterocycles. The fraction of sp³-hybridized carbons (Fsp3) is 0.636. The number of carbonyl (C=O) groups excluding carboxylic acids is 2. The van der Waals surface area contributed by atoms with E-state index in [2.05, 4.69) is 20.6 Å². The Morgan fingerprint density at radius 3 is 2.72 bits per heavy atom. The molecule has 18 heavy (non-hydrogen) atoms. The number of amides is 2. The molecule has 0 aliphatic carbocycles. The topological polar surface area (TPSA) is 86.2 Å². The lowest BCUT2D eigenvalue weighted by Gasteiger charge is -2.13. The van der Waals surface area contributed by atoms with E-state index < -0.39 is 0 Å². The molecule has 0 aromatic rings. The zero-order valence-corrected chi connectivity index (χ0v) is 11.1. The number of nitrogens with zero attached hydrogens (tertiary/aromatic N) is 3. The summed E-state index contributed by atoms with van der Waals surface area (Å²) in [6.07, 6.45) is 3.35. The van der Waals surface area contributed by atoms with Crippen LogP contribution < -0.4 is 10.6 Å². The average Bonchev–Trinajstić information content (AvgIpc) is 2.35. The van der Waals surface area contributed by atoms with Crippen LogP contribution in [0, 0.1) is 0 Å². The molecule has 0 fully saturated rings. The van der Waals surface area contributed by atoms with Crippen molar-refractivity contribution in [2.24, 2.45) is 9.98 Å². The summed E-state index contributed by atoms with van der Waals surface area (Å²) in [7, 11) is 3.30. The normalized spacial score (nSPS) is 11.1. The average molecular weight is 255 g/mol. The molecule has 0 aromatic carbocycles. The molecule has 0 atom stereocenters. The third-order valence-electron chi connectivity index (χ3n) is 2.17. The van der Waals surface area contributed by atoms with E-state index in [1.165, 1.54) is 13.4 Å². The van der Waals surface area contributed by atoms with Crippen molar-refractivity contribution in [3.63, 3.8) is 0 Å². The number of aliphatic imine (C=N–C) groups is 2. The predicted molar refractivity (Wildman–Crippen MR) is 71.8 cm³/mol. The van der Waals surface area contributed by atoms with Crippen LogP contribution in [0.1, 0.15) is 13.3 Å². The standard InChI is InChI=1S/C11H21N5O2/c1-10(17)16(3)6-4-5-13-8-15-9-14-7-11(18)12-2/h7,9,13H,4-6,8H2,1-3H3,(H,12,18). The van der Waals surface area contributed by atoms with Crippen LogP contribution in [0.2, 0.25) is 0 Å². The highest BCUT2D eigenvalue weighted by Crippen LogP contribution is 1.86. The van der Waals surface area contributed by atoms with Crippen LogP contribution >= 0.6 is 0 Å². The van der Waals surface area contributed by atoms with Crippen LogP contribution in [-0.2, 0) is 9.59 Å². The summed E-state index contributed by atoms with van der Waals surface area (Å²) >= 11 is 0. The minimum absolute atomic E-state index is 0.0663. The maximum absolute atomic E-state index is 10.9. The predicted octanol–water partition coefficient (Wildman–Crippen LogP) is -0.753. The summed E-state index contributed by atoms with van der Waals surface area (Å²) in [5.41, 5.74) is 0. The first kappa shape index (κ1) is 16.2. The number of nitrogens with one attached hydrogen (secondary N) is 2. The lowest BCUT2D eigenvalue weighted by molar-refractivity contribution is -0.127. The van der Waals surface area contributed by atoms with Gasteiger partial charge in [0.25, 0.3) is 5.91 Å². The summed E-state index contributed by atoms with van der Waals surface area (Å²) in [5.74, 6) is -0.196. The molecule has 7 heteroatoms. The largest absolute Gasteiger partial charge is 0.354 e. The van der Waals surface area contributed by atoms with Crippen LogP contribution in [0.4, 0.5) is 0 Å². The molecule has 0 saturated heterocycles. The van der Waals surface area contributed by atoms with Gasteiger partial charge in [0.2, 0.25) is 5.91 Å². The van der Waals surface area contributed by atoms with E-state index >= 15 is 0 Å². The number of hydrogen-bond acceptors (Lipinski definition) is 4. The fourth-order valence-electron chi connectivity index (χ4n) is 0.996. The van der Waals surface area contributed by atoms with Gasteiger partial charge in [-0.15, -0.1) is 0 Å². The Kier molecular flexibility index (Phi) is 9.38. The van der Waals surface area contributed by atoms with E-state index in [4.69, 9.17) is 0 Å². The maximum Gasteiger partial charge on any atom is 0.262 e. The van der Waals surface area contributed by atoms with Gasteiger partial charge < -0.3 is 10.2 Å². The number of hydrogen-bond donors (Lipinski definition) is 2. The van der Waals surface area contributed by atoms with Crippen molar-refractivity contribution in [2.75, 3.05) is 33.9 Å². The Hall–Kier alpha value is -1.76. The Balaban J connectivity index is 3.46. The minimum atomic E-state index is -0.262. The van der Waals surface area contributed by atoms with E-state index in [1.807, 2.05) is 0 Å². The fourth-order valence-corrected chi connectivity index (χ4v) is 0.996. The van der Waals surface area contributed by atoms with Gasteiger partial charge in [-0.2, -0.15) is 0 Å². The van der Waals surface area contributed by atoms with Crippen molar-refractivity contribution in [1.29, 1.82) is 0 Å². The first-order valence-electron chi connectivity index (χ1n) is 5.73. The van der Waals surface area contributed by atoms with Gasteiger partial charge in [-0.3, -0.25) is 19.9 Å².